The van der Waals surface area contributed by atoms with Crippen molar-refractivity contribution in [3.63, 3.8) is 0 Å². The van der Waals surface area contributed by atoms with Gasteiger partial charge in [-0.3, -0.25) is 0 Å². The first kappa shape index (κ1) is 21.4. The normalized spacial score (nSPS) is 10.9. The average molecular weight is 467 g/mol. The first-order chi connectivity index (χ1) is 16.4. The molecule has 0 radical (unpaired) electrons. The summed E-state index contributed by atoms with van der Waals surface area (Å²) in [5, 5.41) is 30.2. The van der Waals surface area contributed by atoms with Gasteiger partial charge in [-0.1, -0.05) is 41.9 Å². The Morgan fingerprint density at radius 2 is 1.50 bits per heavy atom. The number of phenolic OH excluding ortho intramolecular Hbond substituents is 2. The second-order valence-electron chi connectivity index (χ2n) is 7.78. The van der Waals surface area contributed by atoms with E-state index in [1.807, 2.05) is 36.4 Å². The monoisotopic (exact) mass is 466 g/mol. The molecular formula is C28H16ClFN2O2. The fourth-order valence-corrected chi connectivity index (χ4v) is 4.17. The quantitative estimate of drug-likeness (QED) is 0.292. The number of aromatic nitrogens is 1. The number of hydrogen-bond donors (Lipinski definition) is 2. The Hall–Kier alpha value is -4.40. The van der Waals surface area contributed by atoms with Gasteiger partial charge in [0.15, 0.2) is 11.6 Å². The molecule has 2 N–H and O–H groups in total. The maximum Gasteiger partial charge on any atom is 0.165 e. The topological polar surface area (TPSA) is 77.1 Å². The Kier molecular flexibility index (Phi) is 5.37. The molecule has 34 heavy (non-hydrogen) atoms. The third-order valence-electron chi connectivity index (χ3n) is 5.65. The predicted molar refractivity (Wildman–Crippen MR) is 131 cm³/mol. The number of halogens is 2. The summed E-state index contributed by atoms with van der Waals surface area (Å²) in [6.45, 7) is 0. The van der Waals surface area contributed by atoms with Crippen molar-refractivity contribution in [3.05, 3.63) is 101 Å². The highest BCUT2D eigenvalue weighted by atomic mass is 35.5. The maximum atomic E-state index is 14.0. The number of para-hydroxylation sites is 1. The maximum absolute atomic E-state index is 14.0. The van der Waals surface area contributed by atoms with Gasteiger partial charge in [0.1, 0.15) is 5.75 Å². The first-order valence-electron chi connectivity index (χ1n) is 10.4. The number of phenols is 2. The summed E-state index contributed by atoms with van der Waals surface area (Å²) >= 11 is 6.70. The van der Waals surface area contributed by atoms with E-state index in [2.05, 4.69) is 6.07 Å². The molecule has 1 heterocycles. The van der Waals surface area contributed by atoms with Crippen molar-refractivity contribution in [2.75, 3.05) is 0 Å². The van der Waals surface area contributed by atoms with Crippen LogP contribution in [0.2, 0.25) is 5.02 Å². The van der Waals surface area contributed by atoms with E-state index in [1.54, 1.807) is 36.4 Å². The number of nitriles is 1. The number of benzene rings is 4. The molecule has 0 spiro atoms. The number of aromatic hydroxyl groups is 2. The molecule has 0 aliphatic carbocycles. The summed E-state index contributed by atoms with van der Waals surface area (Å²) in [6.07, 6.45) is 0. The molecule has 0 aliphatic rings. The lowest BCUT2D eigenvalue weighted by atomic mass is 9.94. The van der Waals surface area contributed by atoms with Crippen LogP contribution in [0, 0.1) is 17.1 Å². The van der Waals surface area contributed by atoms with Crippen LogP contribution in [0.5, 0.6) is 11.5 Å². The molecule has 4 nitrogen and oxygen atoms in total. The van der Waals surface area contributed by atoms with E-state index in [0.717, 1.165) is 16.7 Å². The van der Waals surface area contributed by atoms with Crippen molar-refractivity contribution in [3.8, 4) is 51.1 Å². The molecule has 0 bridgehead atoms. The van der Waals surface area contributed by atoms with Gasteiger partial charge in [-0.2, -0.15) is 5.26 Å². The van der Waals surface area contributed by atoms with E-state index in [9.17, 15) is 19.9 Å². The summed E-state index contributed by atoms with van der Waals surface area (Å²) in [6, 6.07) is 25.7. The Morgan fingerprint density at radius 1 is 0.765 bits per heavy atom. The Morgan fingerprint density at radius 3 is 2.21 bits per heavy atom. The molecule has 0 unspecified atom stereocenters. The van der Waals surface area contributed by atoms with Crippen LogP contribution in [0.4, 0.5) is 4.39 Å². The Balaban J connectivity index is 1.81. The van der Waals surface area contributed by atoms with Crippen molar-refractivity contribution in [1.29, 1.82) is 5.26 Å². The number of rotatable bonds is 3. The molecule has 0 saturated carbocycles. The van der Waals surface area contributed by atoms with Crippen LogP contribution in [0.1, 0.15) is 5.56 Å². The van der Waals surface area contributed by atoms with Crippen LogP contribution in [0.25, 0.3) is 44.4 Å². The molecule has 1 aromatic heterocycles. The number of nitrogens with zero attached hydrogens (tertiary/aromatic N) is 2. The van der Waals surface area contributed by atoms with Gasteiger partial charge in [-0.05, 0) is 65.7 Å². The van der Waals surface area contributed by atoms with E-state index in [1.165, 1.54) is 12.1 Å². The molecule has 164 valence electrons. The van der Waals surface area contributed by atoms with Crippen LogP contribution < -0.4 is 0 Å². The SMILES string of the molecule is N#Cc1ccc(-c2cc(-c3ccccc3O)cc3c(Cl)cc(-c4ccc(O)c(F)c4)nc23)cc1. The highest BCUT2D eigenvalue weighted by molar-refractivity contribution is 6.36. The lowest BCUT2D eigenvalue weighted by molar-refractivity contribution is 0.432. The number of pyridine rings is 1. The van der Waals surface area contributed by atoms with Gasteiger partial charge in [-0.25, -0.2) is 9.37 Å². The van der Waals surface area contributed by atoms with E-state index >= 15 is 0 Å². The lowest BCUT2D eigenvalue weighted by Crippen LogP contribution is -1.93. The van der Waals surface area contributed by atoms with Gasteiger partial charge in [0.25, 0.3) is 0 Å². The minimum Gasteiger partial charge on any atom is -0.507 e. The molecule has 0 saturated heterocycles. The Labute approximate surface area is 199 Å². The number of hydrogen-bond acceptors (Lipinski definition) is 4. The second kappa shape index (κ2) is 8.51. The average Bonchev–Trinajstić information content (AvgIpc) is 2.85. The molecule has 0 atom stereocenters. The summed E-state index contributed by atoms with van der Waals surface area (Å²) in [4.78, 5) is 4.79. The van der Waals surface area contributed by atoms with Gasteiger partial charge in [0.05, 0.1) is 27.9 Å². The fourth-order valence-electron chi connectivity index (χ4n) is 3.92. The molecule has 5 aromatic rings. The minimum atomic E-state index is -0.752. The van der Waals surface area contributed by atoms with E-state index in [-0.39, 0.29) is 5.75 Å². The third-order valence-corrected chi connectivity index (χ3v) is 5.96. The van der Waals surface area contributed by atoms with Gasteiger partial charge in [-0.15, -0.1) is 0 Å². The van der Waals surface area contributed by atoms with Gasteiger partial charge in [0.2, 0.25) is 0 Å². The lowest BCUT2D eigenvalue weighted by Gasteiger charge is -2.14. The minimum absolute atomic E-state index is 0.132. The van der Waals surface area contributed by atoms with Crippen molar-refractivity contribution >= 4 is 22.5 Å². The second-order valence-corrected chi connectivity index (χ2v) is 8.19. The van der Waals surface area contributed by atoms with Crippen LogP contribution in [0.3, 0.4) is 0 Å². The summed E-state index contributed by atoms with van der Waals surface area (Å²) < 4.78 is 14.0. The molecule has 0 aliphatic heterocycles. The zero-order valence-electron chi connectivity index (χ0n) is 17.6. The van der Waals surface area contributed by atoms with E-state index in [4.69, 9.17) is 16.6 Å². The van der Waals surface area contributed by atoms with Gasteiger partial charge < -0.3 is 10.2 Å². The summed E-state index contributed by atoms with van der Waals surface area (Å²) in [5.41, 5.74) is 4.95. The van der Waals surface area contributed by atoms with Crippen LogP contribution in [-0.4, -0.2) is 15.2 Å². The van der Waals surface area contributed by atoms with Crippen molar-refractivity contribution < 1.29 is 14.6 Å². The van der Waals surface area contributed by atoms with Crippen molar-refractivity contribution in [1.82, 2.24) is 4.98 Å². The molecule has 0 amide bonds. The zero-order chi connectivity index (χ0) is 23.8. The summed E-state index contributed by atoms with van der Waals surface area (Å²) in [7, 11) is 0. The first-order valence-corrected chi connectivity index (χ1v) is 10.7. The molecule has 5 rings (SSSR count). The summed E-state index contributed by atoms with van der Waals surface area (Å²) in [5.74, 6) is -1.06. The highest BCUT2D eigenvalue weighted by Gasteiger charge is 2.16. The number of fused-ring (bicyclic) bond motifs is 1. The third kappa shape index (κ3) is 3.81. The highest BCUT2D eigenvalue weighted by Crippen LogP contribution is 2.40. The van der Waals surface area contributed by atoms with Gasteiger partial charge in [0, 0.05) is 22.1 Å². The van der Waals surface area contributed by atoms with E-state index in [0.29, 0.717) is 38.3 Å². The van der Waals surface area contributed by atoms with Crippen LogP contribution in [0.15, 0.2) is 84.9 Å². The molecule has 6 heteroatoms. The van der Waals surface area contributed by atoms with Gasteiger partial charge >= 0.3 is 0 Å². The van der Waals surface area contributed by atoms with E-state index < -0.39 is 11.6 Å². The standard InChI is InChI=1S/C28H16ClFN2O2/c29-23-14-25(18-9-10-27(34)24(30)13-18)32-28-21(17-7-5-16(15-31)6-8-17)11-19(12-22(23)28)20-3-1-2-4-26(20)33/h1-14,33-34H. The zero-order valence-corrected chi connectivity index (χ0v) is 18.4. The predicted octanol–water partition coefficient (Wildman–Crippen LogP) is 7.31. The van der Waals surface area contributed by atoms with Crippen LogP contribution >= 0.6 is 11.6 Å². The smallest absolute Gasteiger partial charge is 0.165 e. The Bertz CT molecular complexity index is 1610. The molecule has 4 aromatic carbocycles. The largest absolute Gasteiger partial charge is 0.507 e. The fraction of sp³-hybridized carbons (Fsp3) is 0. The van der Waals surface area contributed by atoms with Crippen LogP contribution in [-0.2, 0) is 0 Å². The van der Waals surface area contributed by atoms with Crippen molar-refractivity contribution in [2.24, 2.45) is 0 Å². The van der Waals surface area contributed by atoms with Crippen molar-refractivity contribution in [2.45, 2.75) is 0 Å². The molecular weight excluding hydrogens is 451 g/mol. The molecule has 0 fully saturated rings.